The van der Waals surface area contributed by atoms with Gasteiger partial charge >= 0.3 is 12.1 Å². The standard InChI is InChI=1S/C45H53N7O7/c1-24(2)38(50-45(56)59-6)44(55)51-19-7-8-36(51)41-47-34-18-15-29-20-28(14-17-32(29)39(34)49-41)26-9-11-27(12-10-26)35-23-46-42(48-35)40-30-13-16-31(21-30)52(40)43(54)33(25(3)57-4)22-37(53)58-5/h9-12,14-15,17-18,20,23-25,30-31,33,36,38,40H,7-8,13,16,19,21-22H2,1-6H3,(H,46,48)(H,47,49)(H,50,56)/t25-,30+,31-,33?,36+,38+,40+/m1/s1. The SMILES string of the molecule is COC(=O)CC(C(=O)N1[C@@H]2CC[C@@H](C2)[C@H]1c1ncc(-c2ccc(-c3ccc4c(ccc5[nH]c([C@@H]6CCCN6C(=O)[C@@H](NC(=O)OC)C(C)C)nc54)c3)cc2)[nH]1)[C@@H](C)OC. The van der Waals surface area contributed by atoms with E-state index in [1.807, 2.05) is 42.8 Å². The minimum absolute atomic E-state index is 0.0340. The van der Waals surface area contributed by atoms with E-state index in [-0.39, 0.29) is 42.3 Å². The van der Waals surface area contributed by atoms with Crippen molar-refractivity contribution < 1.29 is 33.4 Å². The van der Waals surface area contributed by atoms with Crippen LogP contribution in [0.2, 0.25) is 0 Å². The molecule has 14 heteroatoms. The van der Waals surface area contributed by atoms with Crippen LogP contribution >= 0.6 is 0 Å². The predicted molar refractivity (Wildman–Crippen MR) is 222 cm³/mol. The van der Waals surface area contributed by atoms with Gasteiger partial charge in [-0.15, -0.1) is 0 Å². The van der Waals surface area contributed by atoms with Crippen molar-refractivity contribution in [2.75, 3.05) is 27.9 Å². The number of nitrogens with one attached hydrogen (secondary N) is 3. The van der Waals surface area contributed by atoms with E-state index in [2.05, 4.69) is 63.8 Å². The molecule has 3 amide bonds. The Labute approximate surface area is 343 Å². The molecule has 59 heavy (non-hydrogen) atoms. The molecular formula is C45H53N7O7. The zero-order chi connectivity index (χ0) is 41.5. The van der Waals surface area contributed by atoms with E-state index < -0.39 is 30.1 Å². The Morgan fingerprint density at radius 1 is 0.864 bits per heavy atom. The molecule has 2 bridgehead atoms. The minimum Gasteiger partial charge on any atom is -0.469 e. The van der Waals surface area contributed by atoms with Gasteiger partial charge < -0.3 is 39.3 Å². The summed E-state index contributed by atoms with van der Waals surface area (Å²) in [4.78, 5) is 72.8. The highest BCUT2D eigenvalue weighted by atomic mass is 16.5. The lowest BCUT2D eigenvalue weighted by Crippen LogP contribution is -2.51. The van der Waals surface area contributed by atoms with Crippen LogP contribution in [0.15, 0.2) is 60.8 Å². The van der Waals surface area contributed by atoms with Crippen molar-refractivity contribution in [3.8, 4) is 22.4 Å². The fourth-order valence-electron chi connectivity index (χ4n) is 9.56. The van der Waals surface area contributed by atoms with Crippen LogP contribution < -0.4 is 5.32 Å². The minimum atomic E-state index is -0.696. The quantitative estimate of drug-likeness (QED) is 0.112. The Kier molecular flexibility index (Phi) is 11.2. The van der Waals surface area contributed by atoms with Gasteiger partial charge in [-0.2, -0.15) is 0 Å². The van der Waals surface area contributed by atoms with Crippen molar-refractivity contribution in [3.05, 3.63) is 72.4 Å². The lowest BCUT2D eigenvalue weighted by Gasteiger charge is -2.37. The number of imidazole rings is 2. The van der Waals surface area contributed by atoms with Crippen molar-refractivity contribution in [1.29, 1.82) is 0 Å². The Morgan fingerprint density at radius 2 is 1.63 bits per heavy atom. The molecule has 3 fully saturated rings. The Hall–Kier alpha value is -5.76. The topological polar surface area (TPSA) is 172 Å². The smallest absolute Gasteiger partial charge is 0.407 e. The first-order valence-electron chi connectivity index (χ1n) is 20.6. The molecule has 1 unspecified atom stereocenters. The van der Waals surface area contributed by atoms with Crippen molar-refractivity contribution in [1.82, 2.24) is 35.1 Å². The van der Waals surface area contributed by atoms with Crippen LogP contribution in [-0.2, 0) is 28.6 Å². The fourth-order valence-corrected chi connectivity index (χ4v) is 9.56. The number of benzene rings is 3. The van der Waals surface area contributed by atoms with Crippen LogP contribution in [-0.4, -0.2) is 99.7 Å². The summed E-state index contributed by atoms with van der Waals surface area (Å²) in [6.45, 7) is 6.23. The van der Waals surface area contributed by atoms with Gasteiger partial charge in [0, 0.05) is 25.1 Å². The van der Waals surface area contributed by atoms with Crippen LogP contribution in [0.1, 0.15) is 83.0 Å². The third kappa shape index (κ3) is 7.54. The summed E-state index contributed by atoms with van der Waals surface area (Å²) in [5, 5.41) is 4.78. The Balaban J connectivity index is 0.997. The van der Waals surface area contributed by atoms with Crippen LogP contribution in [0.25, 0.3) is 44.2 Å². The number of nitrogens with zero attached hydrogens (tertiary/aromatic N) is 4. The molecule has 1 saturated carbocycles. The summed E-state index contributed by atoms with van der Waals surface area (Å²) in [7, 11) is 4.19. The number of amides is 3. The van der Waals surface area contributed by atoms with E-state index in [1.165, 1.54) is 14.2 Å². The van der Waals surface area contributed by atoms with E-state index in [4.69, 9.17) is 24.2 Å². The molecule has 310 valence electrons. The number of H-pyrrole nitrogens is 2. The molecule has 14 nitrogen and oxygen atoms in total. The van der Waals surface area contributed by atoms with Crippen LogP contribution in [0, 0.1) is 17.8 Å². The lowest BCUT2D eigenvalue weighted by molar-refractivity contribution is -0.153. The summed E-state index contributed by atoms with van der Waals surface area (Å²) in [6, 6.07) is 17.9. The first kappa shape index (κ1) is 40.0. The molecule has 2 aromatic heterocycles. The molecular weight excluding hydrogens is 751 g/mol. The molecule has 2 aliphatic heterocycles. The van der Waals surface area contributed by atoms with Crippen LogP contribution in [0.4, 0.5) is 4.79 Å². The summed E-state index contributed by atoms with van der Waals surface area (Å²) in [5.74, 6) is 0.382. The number of hydrogen-bond donors (Lipinski definition) is 3. The van der Waals surface area contributed by atoms with Gasteiger partial charge in [-0.3, -0.25) is 14.4 Å². The highest BCUT2D eigenvalue weighted by molar-refractivity contribution is 6.05. The van der Waals surface area contributed by atoms with E-state index in [1.54, 1.807) is 7.11 Å². The second kappa shape index (κ2) is 16.5. The molecule has 2 saturated heterocycles. The van der Waals surface area contributed by atoms with Gasteiger partial charge in [0.2, 0.25) is 11.8 Å². The van der Waals surface area contributed by atoms with Crippen LogP contribution in [0.5, 0.6) is 0 Å². The number of fused-ring (bicyclic) bond motifs is 5. The van der Waals surface area contributed by atoms with Gasteiger partial charge in [-0.05, 0) is 85.1 Å². The largest absolute Gasteiger partial charge is 0.469 e. The van der Waals surface area contributed by atoms with E-state index in [9.17, 15) is 19.2 Å². The average molecular weight is 804 g/mol. The number of ether oxygens (including phenoxy) is 3. The summed E-state index contributed by atoms with van der Waals surface area (Å²) < 4.78 is 15.3. The number of esters is 1. The molecule has 7 atom stereocenters. The second-order valence-electron chi connectivity index (χ2n) is 16.6. The maximum atomic E-state index is 14.1. The molecule has 3 aromatic carbocycles. The normalized spacial score (nSPS) is 21.6. The summed E-state index contributed by atoms with van der Waals surface area (Å²) in [5.41, 5.74) is 5.74. The van der Waals surface area contributed by atoms with Gasteiger partial charge in [-0.1, -0.05) is 56.3 Å². The van der Waals surface area contributed by atoms with Gasteiger partial charge in [0.1, 0.15) is 17.7 Å². The highest BCUT2D eigenvalue weighted by Gasteiger charge is 2.52. The second-order valence-corrected chi connectivity index (χ2v) is 16.6. The summed E-state index contributed by atoms with van der Waals surface area (Å²) in [6.07, 6.45) is 5.25. The Morgan fingerprint density at radius 3 is 2.36 bits per heavy atom. The predicted octanol–water partition coefficient (Wildman–Crippen LogP) is 7.08. The number of carbonyl (C=O) groups excluding carboxylic acids is 4. The third-order valence-electron chi connectivity index (χ3n) is 12.8. The van der Waals surface area contributed by atoms with Crippen molar-refractivity contribution in [2.45, 2.75) is 89.6 Å². The van der Waals surface area contributed by atoms with Gasteiger partial charge in [-0.25, -0.2) is 14.8 Å². The van der Waals surface area contributed by atoms with Crippen LogP contribution in [0.3, 0.4) is 0 Å². The molecule has 0 radical (unpaired) electrons. The van der Waals surface area contributed by atoms with Gasteiger partial charge in [0.05, 0.1) is 67.7 Å². The zero-order valence-electron chi connectivity index (χ0n) is 34.5. The third-order valence-corrected chi connectivity index (χ3v) is 12.8. The number of rotatable bonds is 12. The Bertz CT molecular complexity index is 2370. The maximum absolute atomic E-state index is 14.1. The monoisotopic (exact) mass is 803 g/mol. The molecule has 5 aromatic rings. The average Bonchev–Trinajstić information content (AvgIpc) is 4.11. The number of piperidine rings is 1. The van der Waals surface area contributed by atoms with Crippen molar-refractivity contribution >= 4 is 45.7 Å². The van der Waals surface area contributed by atoms with E-state index in [0.29, 0.717) is 12.5 Å². The first-order chi connectivity index (χ1) is 28.5. The maximum Gasteiger partial charge on any atom is 0.407 e. The highest BCUT2D eigenvalue weighted by Crippen LogP contribution is 2.50. The molecule has 0 spiro atoms. The number of carbonyl (C=O) groups is 4. The zero-order valence-corrected chi connectivity index (χ0v) is 34.5. The number of alkyl carbamates (subject to hydrolysis) is 1. The number of aromatic nitrogens is 4. The van der Waals surface area contributed by atoms with E-state index >= 15 is 0 Å². The molecule has 3 N–H and O–H groups in total. The molecule has 3 aliphatic rings. The van der Waals surface area contributed by atoms with Gasteiger partial charge in [0.15, 0.2) is 0 Å². The van der Waals surface area contributed by atoms with Crippen molar-refractivity contribution in [3.63, 3.8) is 0 Å². The molecule has 1 aliphatic carbocycles. The van der Waals surface area contributed by atoms with E-state index in [0.717, 1.165) is 87.9 Å². The lowest BCUT2D eigenvalue weighted by atomic mass is 9.93. The molecule has 8 rings (SSSR count). The first-order valence-corrected chi connectivity index (χ1v) is 20.6. The number of hydrogen-bond acceptors (Lipinski definition) is 9. The summed E-state index contributed by atoms with van der Waals surface area (Å²) >= 11 is 0. The number of methoxy groups -OCH3 is 3. The number of aromatic amines is 2. The van der Waals surface area contributed by atoms with Crippen molar-refractivity contribution in [2.24, 2.45) is 17.8 Å². The fraction of sp³-hybridized carbons (Fsp3) is 0.467. The number of likely N-dealkylation sites (tertiary alicyclic amines) is 2. The molecule has 4 heterocycles. The van der Waals surface area contributed by atoms with Gasteiger partial charge in [0.25, 0.3) is 0 Å².